The number of hydrogen-bond acceptors (Lipinski definition) is 5. The molecule has 1 aromatic carbocycles. The van der Waals surface area contributed by atoms with E-state index in [0.717, 1.165) is 51.4 Å². The van der Waals surface area contributed by atoms with Crippen molar-refractivity contribution in [3.05, 3.63) is 51.2 Å². The predicted octanol–water partition coefficient (Wildman–Crippen LogP) is 2.91. The molecule has 2 amide bonds. The second-order valence-electron chi connectivity index (χ2n) is 9.80. The number of halogens is 1. The van der Waals surface area contributed by atoms with E-state index < -0.39 is 12.1 Å². The van der Waals surface area contributed by atoms with Crippen LogP contribution in [0.4, 0.5) is 0 Å². The summed E-state index contributed by atoms with van der Waals surface area (Å²) in [5.41, 5.74) is 0.857. The lowest BCUT2D eigenvalue weighted by Crippen LogP contribution is -2.42. The van der Waals surface area contributed by atoms with Crippen molar-refractivity contribution in [2.75, 3.05) is 13.2 Å². The Morgan fingerprint density at radius 2 is 1.83 bits per heavy atom. The third kappa shape index (κ3) is 6.38. The van der Waals surface area contributed by atoms with E-state index in [0.29, 0.717) is 24.6 Å². The summed E-state index contributed by atoms with van der Waals surface area (Å²) in [6, 6.07) is 4.79. The minimum atomic E-state index is -0.949. The molecular weight excluding hydrogens is 484 g/mol. The maximum absolute atomic E-state index is 13.2. The Hall–Kier alpha value is -2.62. The standard InChI is InChI=1S/C26H35ClN4O5/c1-17-15-31(26(35)30(17)16-23(32)28-19-10-12-36-13-11-19)20-8-9-22(27)21(14-20)25(34)29-24(33)18-6-4-2-3-5-7-18/h8-9,14-15,18-19,24,33H,2-7,10-13,16H2,1H3,(H,28,32)(H,29,34). The molecule has 2 heterocycles. The van der Waals surface area contributed by atoms with Gasteiger partial charge in [0.05, 0.1) is 16.3 Å². The van der Waals surface area contributed by atoms with Gasteiger partial charge in [0, 0.05) is 37.1 Å². The number of hydrogen-bond donors (Lipinski definition) is 3. The largest absolute Gasteiger partial charge is 0.381 e. The van der Waals surface area contributed by atoms with Gasteiger partial charge in [-0.15, -0.1) is 0 Å². The topological polar surface area (TPSA) is 115 Å². The highest BCUT2D eigenvalue weighted by molar-refractivity contribution is 6.33. The van der Waals surface area contributed by atoms with Gasteiger partial charge in [0.1, 0.15) is 12.8 Å². The first-order chi connectivity index (χ1) is 17.3. The molecule has 1 atom stereocenters. The van der Waals surface area contributed by atoms with Crippen molar-refractivity contribution in [2.24, 2.45) is 5.92 Å². The summed E-state index contributed by atoms with van der Waals surface area (Å²) in [6.07, 6.45) is 8.33. The van der Waals surface area contributed by atoms with E-state index in [1.54, 1.807) is 25.3 Å². The Labute approximate surface area is 215 Å². The Morgan fingerprint density at radius 1 is 1.14 bits per heavy atom. The van der Waals surface area contributed by atoms with Crippen molar-refractivity contribution in [3.63, 3.8) is 0 Å². The Morgan fingerprint density at radius 3 is 2.53 bits per heavy atom. The Bertz CT molecular complexity index is 1130. The van der Waals surface area contributed by atoms with Gasteiger partial charge < -0.3 is 20.5 Å². The monoisotopic (exact) mass is 518 g/mol. The van der Waals surface area contributed by atoms with Crippen molar-refractivity contribution in [1.82, 2.24) is 19.8 Å². The molecule has 36 heavy (non-hydrogen) atoms. The second-order valence-corrected chi connectivity index (χ2v) is 10.2. The van der Waals surface area contributed by atoms with Crippen molar-refractivity contribution >= 4 is 23.4 Å². The second kappa shape index (κ2) is 12.1. The molecule has 0 spiro atoms. The van der Waals surface area contributed by atoms with E-state index in [9.17, 15) is 19.5 Å². The highest BCUT2D eigenvalue weighted by Gasteiger charge is 2.24. The highest BCUT2D eigenvalue weighted by Crippen LogP contribution is 2.26. The number of benzene rings is 1. The van der Waals surface area contributed by atoms with Crippen LogP contribution < -0.4 is 16.3 Å². The van der Waals surface area contributed by atoms with E-state index in [-0.39, 0.29) is 40.7 Å². The highest BCUT2D eigenvalue weighted by atomic mass is 35.5. The van der Waals surface area contributed by atoms with Crippen molar-refractivity contribution < 1.29 is 19.4 Å². The molecule has 1 saturated heterocycles. The number of aromatic nitrogens is 2. The fourth-order valence-electron chi connectivity index (χ4n) is 5.02. The molecule has 2 fully saturated rings. The molecule has 196 valence electrons. The summed E-state index contributed by atoms with van der Waals surface area (Å²) >= 11 is 6.31. The average molecular weight is 519 g/mol. The van der Waals surface area contributed by atoms with Crippen LogP contribution in [0.1, 0.15) is 67.4 Å². The molecule has 1 unspecified atom stereocenters. The number of imidazole rings is 1. The van der Waals surface area contributed by atoms with E-state index >= 15 is 0 Å². The number of aryl methyl sites for hydroxylation is 1. The molecule has 1 aromatic heterocycles. The van der Waals surface area contributed by atoms with Gasteiger partial charge in [0.15, 0.2) is 0 Å². The lowest BCUT2D eigenvalue weighted by atomic mass is 9.98. The zero-order valence-corrected chi connectivity index (χ0v) is 21.4. The summed E-state index contributed by atoms with van der Waals surface area (Å²) in [7, 11) is 0. The van der Waals surface area contributed by atoms with Gasteiger partial charge in [-0.1, -0.05) is 37.3 Å². The van der Waals surface area contributed by atoms with Crippen LogP contribution in [-0.2, 0) is 16.1 Å². The van der Waals surface area contributed by atoms with Crippen LogP contribution >= 0.6 is 11.6 Å². The molecule has 0 bridgehead atoms. The molecule has 9 nitrogen and oxygen atoms in total. The SMILES string of the molecule is Cc1cn(-c2ccc(Cl)c(C(=O)NC(O)C3CCCCCC3)c2)c(=O)n1CC(=O)NC1CCOCC1. The number of rotatable bonds is 7. The zero-order valence-electron chi connectivity index (χ0n) is 20.7. The predicted molar refractivity (Wildman–Crippen MR) is 136 cm³/mol. The van der Waals surface area contributed by atoms with Crippen LogP contribution in [-0.4, -0.2) is 51.5 Å². The van der Waals surface area contributed by atoms with Crippen LogP contribution in [0.25, 0.3) is 5.69 Å². The van der Waals surface area contributed by atoms with Gasteiger partial charge in [-0.2, -0.15) is 0 Å². The lowest BCUT2D eigenvalue weighted by Gasteiger charge is -2.23. The summed E-state index contributed by atoms with van der Waals surface area (Å²) in [6.45, 7) is 2.89. The van der Waals surface area contributed by atoms with Gasteiger partial charge >= 0.3 is 5.69 Å². The number of carbonyl (C=O) groups excluding carboxylic acids is 2. The summed E-state index contributed by atoms with van der Waals surface area (Å²) in [5, 5.41) is 16.5. The van der Waals surface area contributed by atoms with Gasteiger partial charge in [-0.3, -0.25) is 18.7 Å². The molecule has 1 saturated carbocycles. The molecule has 10 heteroatoms. The number of aliphatic hydroxyl groups is 1. The normalized spacial score (nSPS) is 18.4. The van der Waals surface area contributed by atoms with Crippen LogP contribution in [0.2, 0.25) is 5.02 Å². The Kier molecular flexibility index (Phi) is 8.87. The van der Waals surface area contributed by atoms with E-state index in [4.69, 9.17) is 16.3 Å². The molecule has 2 aliphatic rings. The smallest absolute Gasteiger partial charge is 0.333 e. The number of carbonyl (C=O) groups is 2. The van der Waals surface area contributed by atoms with Crippen LogP contribution in [0.5, 0.6) is 0 Å². The summed E-state index contributed by atoms with van der Waals surface area (Å²) < 4.78 is 8.12. The summed E-state index contributed by atoms with van der Waals surface area (Å²) in [4.78, 5) is 38.7. The number of amides is 2. The number of aliphatic hydroxyl groups excluding tert-OH is 1. The van der Waals surface area contributed by atoms with Crippen LogP contribution in [0, 0.1) is 12.8 Å². The van der Waals surface area contributed by atoms with E-state index in [1.165, 1.54) is 15.2 Å². The van der Waals surface area contributed by atoms with E-state index in [2.05, 4.69) is 10.6 Å². The van der Waals surface area contributed by atoms with Crippen molar-refractivity contribution in [2.45, 2.75) is 77.1 Å². The molecule has 0 radical (unpaired) electrons. The first-order valence-electron chi connectivity index (χ1n) is 12.8. The van der Waals surface area contributed by atoms with E-state index in [1.807, 2.05) is 0 Å². The van der Waals surface area contributed by atoms with Gasteiger partial charge in [0.2, 0.25) is 5.91 Å². The maximum Gasteiger partial charge on any atom is 0.333 e. The third-order valence-electron chi connectivity index (χ3n) is 7.16. The fourth-order valence-corrected chi connectivity index (χ4v) is 5.23. The average Bonchev–Trinajstić information content (AvgIpc) is 3.03. The Balaban J connectivity index is 1.48. The van der Waals surface area contributed by atoms with Gasteiger partial charge in [-0.05, 0) is 50.8 Å². The fraction of sp³-hybridized carbons (Fsp3) is 0.577. The molecule has 2 aromatic rings. The zero-order chi connectivity index (χ0) is 25.7. The summed E-state index contributed by atoms with van der Waals surface area (Å²) in [5.74, 6) is -0.697. The van der Waals surface area contributed by atoms with Crippen LogP contribution in [0.15, 0.2) is 29.2 Å². The number of nitrogens with zero attached hydrogens (tertiary/aromatic N) is 2. The number of ether oxygens (including phenoxy) is 1. The first kappa shape index (κ1) is 26.4. The maximum atomic E-state index is 13.2. The molecule has 4 rings (SSSR count). The van der Waals surface area contributed by atoms with Gasteiger partial charge in [0.25, 0.3) is 5.91 Å². The van der Waals surface area contributed by atoms with Crippen LogP contribution in [0.3, 0.4) is 0 Å². The third-order valence-corrected chi connectivity index (χ3v) is 7.49. The minimum absolute atomic E-state index is 0.0185. The number of nitrogens with one attached hydrogen (secondary N) is 2. The first-order valence-corrected chi connectivity index (χ1v) is 13.2. The molecule has 1 aliphatic carbocycles. The lowest BCUT2D eigenvalue weighted by molar-refractivity contribution is -0.123. The molecular formula is C26H35ClN4O5. The molecule has 1 aliphatic heterocycles. The van der Waals surface area contributed by atoms with Crippen molar-refractivity contribution in [1.29, 1.82) is 0 Å². The van der Waals surface area contributed by atoms with Crippen molar-refractivity contribution in [3.8, 4) is 5.69 Å². The van der Waals surface area contributed by atoms with Gasteiger partial charge in [-0.25, -0.2) is 4.79 Å². The molecule has 3 N–H and O–H groups in total. The minimum Gasteiger partial charge on any atom is -0.381 e. The quantitative estimate of drug-likeness (QED) is 0.385.